The lowest BCUT2D eigenvalue weighted by atomic mass is 10.1. The summed E-state index contributed by atoms with van der Waals surface area (Å²) in [5, 5.41) is 4.81. The van der Waals surface area contributed by atoms with E-state index in [4.69, 9.17) is 26.8 Å². The Hall–Kier alpha value is -4.67. The Morgan fingerprint density at radius 2 is 1.08 bits per heavy atom. The first kappa shape index (κ1) is 21.4. The maximum Gasteiger partial charge on any atom is 0.142 e. The zero-order valence-corrected chi connectivity index (χ0v) is 21.1. The summed E-state index contributed by atoms with van der Waals surface area (Å²) in [5.41, 5.74) is 7.07. The molecule has 3 aromatic carbocycles. The molecule has 0 amide bonds. The van der Waals surface area contributed by atoms with Crippen molar-refractivity contribution in [2.24, 2.45) is 0 Å². The number of furan rings is 5. The van der Waals surface area contributed by atoms with Crippen molar-refractivity contribution < 1.29 is 26.8 Å². The minimum Gasteiger partial charge on any atom is -0.496 e. The molecule has 0 aliphatic heterocycles. The molecule has 0 spiro atoms. The highest BCUT2D eigenvalue weighted by molar-refractivity contribution is 7.78. The van der Waals surface area contributed by atoms with Crippen LogP contribution < -0.4 is 21.2 Å². The van der Waals surface area contributed by atoms with Gasteiger partial charge in [-0.1, -0.05) is 12.7 Å². The minimum atomic E-state index is -1.31. The monoisotopic (exact) mass is 518 g/mol. The summed E-state index contributed by atoms with van der Waals surface area (Å²) in [7, 11) is 0.341. The van der Waals surface area contributed by atoms with Crippen molar-refractivity contribution in [1.29, 1.82) is 0 Å². The van der Waals surface area contributed by atoms with Gasteiger partial charge in [-0.15, -0.1) is 0 Å². The summed E-state index contributed by atoms with van der Waals surface area (Å²) in [5.74, 6) is 0.738. The summed E-state index contributed by atoms with van der Waals surface area (Å²) in [6.45, 7) is 3.91. The Labute approximate surface area is 216 Å². The molecule has 0 fully saturated rings. The van der Waals surface area contributed by atoms with Crippen LogP contribution in [-0.4, -0.2) is 7.11 Å². The maximum absolute atomic E-state index is 6.47. The molecule has 8 rings (SSSR count). The van der Waals surface area contributed by atoms with Gasteiger partial charge in [-0.3, -0.25) is 0 Å². The summed E-state index contributed by atoms with van der Waals surface area (Å²) in [6.07, 6.45) is 5.12. The second-order valence-corrected chi connectivity index (χ2v) is 11.1. The third-order valence-corrected chi connectivity index (χ3v) is 8.88. The quantitative estimate of drug-likeness (QED) is 0.216. The molecule has 184 valence electrons. The van der Waals surface area contributed by atoms with Gasteiger partial charge in [-0.05, 0) is 66.7 Å². The second kappa shape index (κ2) is 7.91. The van der Waals surface area contributed by atoms with Crippen molar-refractivity contribution in [3.63, 3.8) is 0 Å². The van der Waals surface area contributed by atoms with E-state index in [1.54, 1.807) is 25.7 Å². The molecule has 0 bridgehead atoms. The van der Waals surface area contributed by atoms with Crippen LogP contribution in [0.5, 0.6) is 5.75 Å². The van der Waals surface area contributed by atoms with E-state index >= 15 is 0 Å². The third kappa shape index (κ3) is 3.17. The highest BCUT2D eigenvalue weighted by Crippen LogP contribution is 2.41. The molecule has 0 saturated carbocycles. The maximum atomic E-state index is 6.47. The van der Waals surface area contributed by atoms with Gasteiger partial charge in [0, 0.05) is 32.5 Å². The molecule has 7 heteroatoms. The lowest BCUT2D eigenvalue weighted by Crippen LogP contribution is -2.17. The molecule has 0 aliphatic rings. The van der Waals surface area contributed by atoms with Crippen LogP contribution in [0.4, 0.5) is 0 Å². The molecule has 5 aromatic heterocycles. The Morgan fingerprint density at radius 3 is 1.58 bits per heavy atom. The standard InChI is InChI=1S/C31H19O6P/c1-3-17-8-26-20(11-23(17)32-2)14-29(35-26)38(30-15-21-12-24-18(4-6-33-24)9-27(21)36-30)31-16-22-13-25-19(5-7-34-25)10-28(22)37-31/h3-16H,1H2,2H3. The molecule has 6 nitrogen and oxygen atoms in total. The number of methoxy groups -OCH3 is 1. The van der Waals surface area contributed by atoms with Gasteiger partial charge in [0.25, 0.3) is 0 Å². The molecule has 0 saturated heterocycles. The fraction of sp³-hybridized carbons (Fsp3) is 0.0323. The van der Waals surface area contributed by atoms with Gasteiger partial charge in [-0.2, -0.15) is 0 Å². The number of fused-ring (bicyclic) bond motifs is 5. The smallest absolute Gasteiger partial charge is 0.142 e. The molecular weight excluding hydrogens is 499 g/mol. The van der Waals surface area contributed by atoms with E-state index in [-0.39, 0.29) is 0 Å². The van der Waals surface area contributed by atoms with Crippen molar-refractivity contribution in [2.75, 3.05) is 7.11 Å². The highest BCUT2D eigenvalue weighted by atomic mass is 31.1. The summed E-state index contributed by atoms with van der Waals surface area (Å²) in [6, 6.07) is 21.9. The largest absolute Gasteiger partial charge is 0.496 e. The van der Waals surface area contributed by atoms with E-state index in [1.807, 2.05) is 66.7 Å². The molecule has 5 heterocycles. The van der Waals surface area contributed by atoms with E-state index in [2.05, 4.69) is 6.58 Å². The molecular formula is C31H19O6P. The second-order valence-electron chi connectivity index (χ2n) is 9.12. The molecule has 38 heavy (non-hydrogen) atoms. The normalized spacial score (nSPS) is 12.2. The average Bonchev–Trinajstić information content (AvgIpc) is 3.74. The van der Waals surface area contributed by atoms with Gasteiger partial charge in [-0.25, -0.2) is 0 Å². The van der Waals surface area contributed by atoms with Crippen LogP contribution in [0.15, 0.2) is 108 Å². The number of benzene rings is 3. The van der Waals surface area contributed by atoms with Gasteiger partial charge in [0.15, 0.2) is 0 Å². The van der Waals surface area contributed by atoms with Crippen molar-refractivity contribution in [2.45, 2.75) is 0 Å². The topological polar surface area (TPSA) is 74.9 Å². The summed E-state index contributed by atoms with van der Waals surface area (Å²) >= 11 is 0. The van der Waals surface area contributed by atoms with Gasteiger partial charge < -0.3 is 26.8 Å². The van der Waals surface area contributed by atoms with Crippen molar-refractivity contribution in [3.05, 3.63) is 91.4 Å². The number of hydrogen-bond acceptors (Lipinski definition) is 6. The molecule has 0 unspecified atom stereocenters. The SMILES string of the molecule is C=Cc1cc2oc(P(c3cc4cc5occc5cc4o3)c3cc4cc5occc5cc4o3)cc2cc1OC. The van der Waals surface area contributed by atoms with Crippen LogP contribution in [0.2, 0.25) is 0 Å². The predicted octanol–water partition coefficient (Wildman–Crippen LogP) is 7.83. The average molecular weight is 518 g/mol. The van der Waals surface area contributed by atoms with Crippen molar-refractivity contribution in [3.8, 4) is 5.75 Å². The van der Waals surface area contributed by atoms with Crippen LogP contribution in [0.1, 0.15) is 5.56 Å². The zero-order chi connectivity index (χ0) is 25.4. The zero-order valence-electron chi connectivity index (χ0n) is 20.2. The Kier molecular flexibility index (Phi) is 4.46. The summed E-state index contributed by atoms with van der Waals surface area (Å²) in [4.78, 5) is 0. The number of ether oxygens (including phenoxy) is 1. The Bertz CT molecular complexity index is 1960. The number of hydrogen-bond donors (Lipinski definition) is 0. The van der Waals surface area contributed by atoms with E-state index in [0.29, 0.717) is 0 Å². The van der Waals surface area contributed by atoms with Gasteiger partial charge in [0.2, 0.25) is 0 Å². The first-order valence-electron chi connectivity index (χ1n) is 12.0. The predicted molar refractivity (Wildman–Crippen MR) is 151 cm³/mol. The van der Waals surface area contributed by atoms with Crippen LogP contribution >= 0.6 is 7.92 Å². The van der Waals surface area contributed by atoms with Crippen LogP contribution in [-0.2, 0) is 0 Å². The number of rotatable bonds is 5. The van der Waals surface area contributed by atoms with Crippen LogP contribution in [0.3, 0.4) is 0 Å². The van der Waals surface area contributed by atoms with E-state index in [0.717, 1.165) is 82.7 Å². The van der Waals surface area contributed by atoms with Gasteiger partial charge >= 0.3 is 0 Å². The van der Waals surface area contributed by atoms with Crippen LogP contribution in [0.25, 0.3) is 60.9 Å². The lowest BCUT2D eigenvalue weighted by molar-refractivity contribution is 0.414. The molecule has 8 aromatic rings. The van der Waals surface area contributed by atoms with E-state index in [1.165, 1.54) is 0 Å². The fourth-order valence-electron chi connectivity index (χ4n) is 5.02. The lowest BCUT2D eigenvalue weighted by Gasteiger charge is -2.08. The molecule has 0 aliphatic carbocycles. The molecule has 0 N–H and O–H groups in total. The van der Waals surface area contributed by atoms with Crippen LogP contribution in [0, 0.1) is 0 Å². The molecule has 0 atom stereocenters. The first-order chi connectivity index (χ1) is 18.7. The van der Waals surface area contributed by atoms with E-state index in [9.17, 15) is 0 Å². The Morgan fingerprint density at radius 1 is 0.605 bits per heavy atom. The third-order valence-electron chi connectivity index (χ3n) is 6.89. The van der Waals surface area contributed by atoms with Crippen molar-refractivity contribution >= 4 is 85.3 Å². The van der Waals surface area contributed by atoms with Gasteiger partial charge in [0.05, 0.1) is 19.6 Å². The minimum absolute atomic E-state index is 0.738. The van der Waals surface area contributed by atoms with E-state index < -0.39 is 7.92 Å². The fourth-order valence-corrected chi connectivity index (χ4v) is 7.05. The first-order valence-corrected chi connectivity index (χ1v) is 13.4. The van der Waals surface area contributed by atoms with Crippen molar-refractivity contribution in [1.82, 2.24) is 0 Å². The Balaban J connectivity index is 1.36. The summed E-state index contributed by atoms with van der Waals surface area (Å²) < 4.78 is 36.2. The molecule has 0 radical (unpaired) electrons. The highest BCUT2D eigenvalue weighted by Gasteiger charge is 2.29. The van der Waals surface area contributed by atoms with Gasteiger partial charge in [0.1, 0.15) is 58.1 Å².